The monoisotopic (exact) mass is 419 g/mol. The maximum atomic E-state index is 13.0. The Labute approximate surface area is 161 Å². The zero-order valence-corrected chi connectivity index (χ0v) is 14.9. The smallest absolute Gasteiger partial charge is 0.418 e. The van der Waals surface area contributed by atoms with Crippen molar-refractivity contribution in [1.82, 2.24) is 0 Å². The van der Waals surface area contributed by atoms with Crippen molar-refractivity contribution in [2.24, 2.45) is 0 Å². The van der Waals surface area contributed by atoms with Crippen LogP contribution in [0.5, 0.6) is 0 Å². The van der Waals surface area contributed by atoms with Gasteiger partial charge in [0.25, 0.3) is 5.91 Å². The lowest BCUT2D eigenvalue weighted by Gasteiger charge is -2.17. The van der Waals surface area contributed by atoms with Gasteiger partial charge in [0.15, 0.2) is 6.10 Å². The van der Waals surface area contributed by atoms with E-state index in [0.29, 0.717) is 0 Å². The summed E-state index contributed by atoms with van der Waals surface area (Å²) in [6, 6.07) is 8.26. The van der Waals surface area contributed by atoms with Gasteiger partial charge in [-0.25, -0.2) is 0 Å². The minimum atomic E-state index is -4.70. The molecule has 156 valence electrons. The third-order valence-electron chi connectivity index (χ3n) is 3.77. The highest BCUT2D eigenvalue weighted by Crippen LogP contribution is 2.34. The molecule has 0 aliphatic rings. The summed E-state index contributed by atoms with van der Waals surface area (Å²) in [5.74, 6) is -2.02. The van der Waals surface area contributed by atoms with E-state index in [1.165, 1.54) is 12.1 Å². The highest BCUT2D eigenvalue weighted by atomic mass is 19.4. The van der Waals surface area contributed by atoms with Gasteiger partial charge in [-0.2, -0.15) is 26.3 Å². The Hall–Kier alpha value is -3.04. The number of hydrogen-bond donors (Lipinski definition) is 1. The number of benzene rings is 2. The number of ether oxygens (including phenoxy) is 1. The Kier molecular flexibility index (Phi) is 6.55. The first-order chi connectivity index (χ1) is 13.4. The molecule has 1 N–H and O–H groups in total. The second-order valence-electron chi connectivity index (χ2n) is 6.04. The number of halogens is 6. The highest BCUT2D eigenvalue weighted by molar-refractivity contribution is 5.95. The van der Waals surface area contributed by atoms with Crippen LogP contribution >= 0.6 is 0 Å². The van der Waals surface area contributed by atoms with Crippen molar-refractivity contribution < 1.29 is 40.7 Å². The molecular formula is C19H15F6NO3. The summed E-state index contributed by atoms with van der Waals surface area (Å²) in [7, 11) is 0. The Balaban J connectivity index is 2.01. The molecule has 2 rings (SSSR count). The van der Waals surface area contributed by atoms with E-state index in [4.69, 9.17) is 4.74 Å². The predicted molar refractivity (Wildman–Crippen MR) is 90.8 cm³/mol. The van der Waals surface area contributed by atoms with Gasteiger partial charge in [-0.15, -0.1) is 0 Å². The number of carbonyl (C=O) groups is 2. The van der Waals surface area contributed by atoms with E-state index in [-0.39, 0.29) is 5.56 Å². The fourth-order valence-electron chi connectivity index (χ4n) is 2.39. The number of esters is 1. The topological polar surface area (TPSA) is 55.4 Å². The number of rotatable bonds is 5. The Morgan fingerprint density at radius 3 is 2.24 bits per heavy atom. The summed E-state index contributed by atoms with van der Waals surface area (Å²) < 4.78 is 81.8. The van der Waals surface area contributed by atoms with E-state index < -0.39 is 53.6 Å². The van der Waals surface area contributed by atoms with Crippen LogP contribution in [0.2, 0.25) is 0 Å². The molecular weight excluding hydrogens is 404 g/mol. The van der Waals surface area contributed by atoms with Crippen LogP contribution in [0, 0.1) is 0 Å². The van der Waals surface area contributed by atoms with E-state index >= 15 is 0 Å². The molecule has 4 nitrogen and oxygen atoms in total. The summed E-state index contributed by atoms with van der Waals surface area (Å²) in [5.41, 5.74) is -2.51. The minimum absolute atomic E-state index is 0.0138. The number of anilines is 1. The van der Waals surface area contributed by atoms with Crippen molar-refractivity contribution >= 4 is 17.6 Å². The van der Waals surface area contributed by atoms with Crippen molar-refractivity contribution in [2.45, 2.75) is 31.8 Å². The van der Waals surface area contributed by atoms with Gasteiger partial charge in [0, 0.05) is 0 Å². The van der Waals surface area contributed by atoms with Crippen LogP contribution in [0.1, 0.15) is 23.6 Å². The van der Waals surface area contributed by atoms with E-state index in [1.54, 1.807) is 0 Å². The first-order valence-corrected chi connectivity index (χ1v) is 8.20. The van der Waals surface area contributed by atoms with E-state index in [0.717, 1.165) is 43.3 Å². The number of carbonyl (C=O) groups excluding carboxylic acids is 2. The molecule has 0 aliphatic carbocycles. The third kappa shape index (κ3) is 6.23. The standard InChI is InChI=1S/C19H15F6NO3/c1-11(17(28)26-15-8-3-2-7-14(15)19(23,24)25)29-16(27)10-12-5-4-6-13(9-12)18(20,21)22/h2-9,11H,10H2,1H3,(H,26,28). The molecule has 10 heteroatoms. The number of alkyl halides is 6. The van der Waals surface area contributed by atoms with Gasteiger partial charge in [0.1, 0.15) is 0 Å². The average Bonchev–Trinajstić information content (AvgIpc) is 2.60. The summed E-state index contributed by atoms with van der Waals surface area (Å²) in [6.45, 7) is 1.13. The largest absolute Gasteiger partial charge is 0.452 e. The summed E-state index contributed by atoms with van der Waals surface area (Å²) >= 11 is 0. The second kappa shape index (κ2) is 8.54. The van der Waals surface area contributed by atoms with Crippen LogP contribution < -0.4 is 5.32 Å². The third-order valence-corrected chi connectivity index (χ3v) is 3.77. The maximum Gasteiger partial charge on any atom is 0.418 e. The van der Waals surface area contributed by atoms with E-state index in [2.05, 4.69) is 0 Å². The Bertz CT molecular complexity index is 892. The van der Waals surface area contributed by atoms with Gasteiger partial charge in [-0.05, 0) is 30.7 Å². The molecule has 0 aliphatic heterocycles. The first kappa shape index (κ1) is 22.3. The first-order valence-electron chi connectivity index (χ1n) is 8.20. The molecule has 29 heavy (non-hydrogen) atoms. The fraction of sp³-hybridized carbons (Fsp3) is 0.263. The molecule has 0 spiro atoms. The van der Waals surface area contributed by atoms with Crippen molar-refractivity contribution in [3.05, 3.63) is 65.2 Å². The molecule has 0 radical (unpaired) electrons. The van der Waals surface area contributed by atoms with Gasteiger partial charge in [-0.1, -0.05) is 30.3 Å². The van der Waals surface area contributed by atoms with Gasteiger partial charge in [-0.3, -0.25) is 9.59 Å². The molecule has 0 bridgehead atoms. The zero-order chi connectivity index (χ0) is 21.8. The fourth-order valence-corrected chi connectivity index (χ4v) is 2.39. The summed E-state index contributed by atoms with van der Waals surface area (Å²) in [5, 5.41) is 2.03. The average molecular weight is 419 g/mol. The van der Waals surface area contributed by atoms with Crippen LogP contribution in [0.25, 0.3) is 0 Å². The van der Waals surface area contributed by atoms with Crippen LogP contribution in [0.4, 0.5) is 32.0 Å². The molecule has 2 aromatic carbocycles. The molecule has 2 aromatic rings. The minimum Gasteiger partial charge on any atom is -0.452 e. The van der Waals surface area contributed by atoms with E-state index in [9.17, 15) is 35.9 Å². The van der Waals surface area contributed by atoms with Gasteiger partial charge in [0.05, 0.1) is 23.2 Å². The van der Waals surface area contributed by atoms with Crippen LogP contribution in [0.3, 0.4) is 0 Å². The molecule has 1 atom stereocenters. The lowest BCUT2D eigenvalue weighted by Crippen LogP contribution is -2.31. The SMILES string of the molecule is CC(OC(=O)Cc1cccc(C(F)(F)F)c1)C(=O)Nc1ccccc1C(F)(F)F. The normalized spacial score (nSPS) is 12.9. The quantitative estimate of drug-likeness (QED) is 0.558. The second-order valence-corrected chi connectivity index (χ2v) is 6.04. The predicted octanol–water partition coefficient (Wildman–Crippen LogP) is 4.84. The van der Waals surface area contributed by atoms with Crippen molar-refractivity contribution in [3.63, 3.8) is 0 Å². The van der Waals surface area contributed by atoms with Gasteiger partial charge in [0.2, 0.25) is 0 Å². The molecule has 0 aromatic heterocycles. The Morgan fingerprint density at radius 2 is 1.62 bits per heavy atom. The number of para-hydroxylation sites is 1. The molecule has 0 saturated carbocycles. The maximum absolute atomic E-state index is 13.0. The van der Waals surface area contributed by atoms with Crippen LogP contribution in [-0.2, 0) is 33.1 Å². The van der Waals surface area contributed by atoms with Gasteiger partial charge >= 0.3 is 18.3 Å². The Morgan fingerprint density at radius 1 is 0.966 bits per heavy atom. The van der Waals surface area contributed by atoms with Gasteiger partial charge < -0.3 is 10.1 Å². The number of hydrogen-bond acceptors (Lipinski definition) is 3. The van der Waals surface area contributed by atoms with Crippen molar-refractivity contribution in [2.75, 3.05) is 5.32 Å². The lowest BCUT2D eigenvalue weighted by atomic mass is 10.1. The van der Waals surface area contributed by atoms with Crippen molar-refractivity contribution in [1.29, 1.82) is 0 Å². The van der Waals surface area contributed by atoms with Crippen LogP contribution in [-0.4, -0.2) is 18.0 Å². The van der Waals surface area contributed by atoms with Crippen LogP contribution in [0.15, 0.2) is 48.5 Å². The molecule has 1 amide bonds. The molecule has 1 unspecified atom stereocenters. The zero-order valence-electron chi connectivity index (χ0n) is 14.9. The number of amides is 1. The summed E-state index contributed by atoms with van der Waals surface area (Å²) in [4.78, 5) is 24.0. The molecule has 0 saturated heterocycles. The van der Waals surface area contributed by atoms with E-state index in [1.807, 2.05) is 5.32 Å². The highest BCUT2D eigenvalue weighted by Gasteiger charge is 2.34. The summed E-state index contributed by atoms with van der Waals surface area (Å²) in [6.07, 6.45) is -11.3. The number of nitrogens with one attached hydrogen (secondary N) is 1. The lowest BCUT2D eigenvalue weighted by molar-refractivity contribution is -0.152. The molecule has 0 heterocycles. The van der Waals surface area contributed by atoms with Crippen molar-refractivity contribution in [3.8, 4) is 0 Å². The molecule has 0 fully saturated rings.